The Bertz CT molecular complexity index is 454. The summed E-state index contributed by atoms with van der Waals surface area (Å²) in [6.07, 6.45) is -14.6. The number of rotatable bonds is 4. The predicted molar refractivity (Wildman–Crippen MR) is 70.9 cm³/mol. The summed E-state index contributed by atoms with van der Waals surface area (Å²) in [6.45, 7) is -1.74. The van der Waals surface area contributed by atoms with Crippen LogP contribution in [0.2, 0.25) is 0 Å². The molecule has 2 rings (SSSR count). The number of aliphatic hydroxyl groups is 10. The van der Waals surface area contributed by atoms with Gasteiger partial charge in [0.05, 0.1) is 13.2 Å². The molecule has 0 aromatic rings. The average Bonchev–Trinajstić information content (AvgIpc) is 2.55. The van der Waals surface area contributed by atoms with E-state index in [1.54, 1.807) is 0 Å². The molecule has 2 heterocycles. The summed E-state index contributed by atoms with van der Waals surface area (Å²) in [5.74, 6) is -7.29. The predicted octanol–water partition coefficient (Wildman–Crippen LogP) is -6.76. The Labute approximate surface area is 140 Å². The van der Waals surface area contributed by atoms with Gasteiger partial charge in [0, 0.05) is 0 Å². The quantitative estimate of drug-likeness (QED) is 0.206. The first-order chi connectivity index (χ1) is 11.5. The van der Waals surface area contributed by atoms with Gasteiger partial charge >= 0.3 is 5.97 Å². The zero-order valence-electron chi connectivity index (χ0n) is 12.7. The number of ether oxygens (including phenoxy) is 3. The first-order valence-corrected chi connectivity index (χ1v) is 7.30. The SMILES string of the molecule is OC[C@H]1O[C@@H](O[C@@H]2[C@@H](CO)OC(O)(O)C(O)(O)[C@H]2O)[C@H](O)[C@@H](O)[C@H]1O. The molecule has 2 fully saturated rings. The van der Waals surface area contributed by atoms with Crippen molar-refractivity contribution in [3.8, 4) is 0 Å². The summed E-state index contributed by atoms with van der Waals surface area (Å²) in [5, 5.41) is 95.6. The van der Waals surface area contributed by atoms with E-state index in [-0.39, 0.29) is 0 Å². The molecule has 148 valence electrons. The van der Waals surface area contributed by atoms with Gasteiger partial charge in [-0.15, -0.1) is 0 Å². The third-order valence-corrected chi connectivity index (χ3v) is 4.20. The van der Waals surface area contributed by atoms with Gasteiger partial charge in [-0.2, -0.15) is 0 Å². The van der Waals surface area contributed by atoms with Gasteiger partial charge in [-0.1, -0.05) is 0 Å². The second-order valence-electron chi connectivity index (χ2n) is 5.92. The van der Waals surface area contributed by atoms with Crippen molar-refractivity contribution in [2.75, 3.05) is 13.2 Å². The Morgan fingerprint density at radius 2 is 1.36 bits per heavy atom. The lowest BCUT2D eigenvalue weighted by atomic mass is 9.93. The highest BCUT2D eigenvalue weighted by atomic mass is 16.8. The molecule has 2 saturated heterocycles. The molecule has 2 aliphatic rings. The second kappa shape index (κ2) is 7.24. The third-order valence-electron chi connectivity index (χ3n) is 4.20. The lowest BCUT2D eigenvalue weighted by Gasteiger charge is -2.49. The smallest absolute Gasteiger partial charge is 0.338 e. The minimum atomic E-state index is -3.64. The van der Waals surface area contributed by atoms with Crippen LogP contribution in [0, 0.1) is 0 Å². The van der Waals surface area contributed by atoms with Crippen molar-refractivity contribution in [1.29, 1.82) is 0 Å². The van der Waals surface area contributed by atoms with Crippen molar-refractivity contribution in [3.63, 3.8) is 0 Å². The molecule has 2 aliphatic heterocycles. The number of hydrogen-bond donors (Lipinski definition) is 10. The molecule has 10 N–H and O–H groups in total. The van der Waals surface area contributed by atoms with E-state index in [2.05, 4.69) is 4.74 Å². The van der Waals surface area contributed by atoms with Gasteiger partial charge < -0.3 is 65.3 Å². The van der Waals surface area contributed by atoms with E-state index < -0.39 is 74.0 Å². The molecule has 0 unspecified atom stereocenters. The van der Waals surface area contributed by atoms with Gasteiger partial charge in [0.15, 0.2) is 6.29 Å². The van der Waals surface area contributed by atoms with Crippen molar-refractivity contribution in [2.24, 2.45) is 0 Å². The van der Waals surface area contributed by atoms with E-state index in [9.17, 15) is 46.0 Å². The van der Waals surface area contributed by atoms with E-state index in [0.717, 1.165) is 0 Å². The minimum absolute atomic E-state index is 0.766. The van der Waals surface area contributed by atoms with E-state index in [1.807, 2.05) is 0 Å². The van der Waals surface area contributed by atoms with Crippen molar-refractivity contribution >= 4 is 0 Å². The van der Waals surface area contributed by atoms with E-state index in [0.29, 0.717) is 0 Å². The standard InChI is InChI=1S/C12H22O13/c13-1-3-5(15)6(16)7(17)10(23-3)24-8-4(2-14)25-12(21,22)11(19,20)9(8)18/h3-10,13-22H,1-2H2/t3-,4-,5+,6+,7-,8-,9+,10+/m1/s1. The van der Waals surface area contributed by atoms with E-state index in [4.69, 9.17) is 14.6 Å². The maximum atomic E-state index is 9.96. The molecular formula is C12H22O13. The molecule has 0 spiro atoms. The molecule has 0 aromatic heterocycles. The van der Waals surface area contributed by atoms with Gasteiger partial charge in [0.25, 0.3) is 5.79 Å². The Morgan fingerprint density at radius 1 is 0.800 bits per heavy atom. The molecule has 8 atom stereocenters. The molecule has 0 saturated carbocycles. The van der Waals surface area contributed by atoms with Gasteiger partial charge in [-0.05, 0) is 0 Å². The zero-order valence-corrected chi connectivity index (χ0v) is 12.7. The number of aliphatic hydroxyl groups excluding tert-OH is 6. The van der Waals surface area contributed by atoms with Crippen LogP contribution in [0.4, 0.5) is 0 Å². The fourth-order valence-electron chi connectivity index (χ4n) is 2.63. The van der Waals surface area contributed by atoms with Crippen LogP contribution in [0.3, 0.4) is 0 Å². The van der Waals surface area contributed by atoms with Crippen molar-refractivity contribution in [1.82, 2.24) is 0 Å². The monoisotopic (exact) mass is 374 g/mol. The third kappa shape index (κ3) is 3.52. The summed E-state index contributed by atoms with van der Waals surface area (Å²) >= 11 is 0. The first-order valence-electron chi connectivity index (χ1n) is 7.30. The Hall–Kier alpha value is -0.520. The van der Waals surface area contributed by atoms with Gasteiger partial charge in [0.1, 0.15) is 42.7 Å². The van der Waals surface area contributed by atoms with Crippen LogP contribution in [-0.4, -0.2) is 125 Å². The highest BCUT2D eigenvalue weighted by Gasteiger charge is 2.64. The van der Waals surface area contributed by atoms with Gasteiger partial charge in [0.2, 0.25) is 0 Å². The summed E-state index contributed by atoms with van der Waals surface area (Å²) in [7, 11) is 0. The van der Waals surface area contributed by atoms with Crippen LogP contribution in [0.25, 0.3) is 0 Å². The summed E-state index contributed by atoms with van der Waals surface area (Å²) in [6, 6.07) is 0. The lowest BCUT2D eigenvalue weighted by Crippen LogP contribution is -2.74. The number of hydrogen-bond acceptors (Lipinski definition) is 13. The maximum Gasteiger partial charge on any atom is 0.338 e. The molecular weight excluding hydrogens is 352 g/mol. The molecule has 0 bridgehead atoms. The van der Waals surface area contributed by atoms with E-state index in [1.165, 1.54) is 0 Å². The summed E-state index contributed by atoms with van der Waals surface area (Å²) in [4.78, 5) is 0. The minimum Gasteiger partial charge on any atom is -0.394 e. The van der Waals surface area contributed by atoms with E-state index >= 15 is 0 Å². The Morgan fingerprint density at radius 3 is 1.88 bits per heavy atom. The normalized spacial score (nSPS) is 46.8. The molecule has 13 heteroatoms. The molecule has 0 amide bonds. The fourth-order valence-corrected chi connectivity index (χ4v) is 2.63. The first kappa shape index (κ1) is 20.8. The molecule has 25 heavy (non-hydrogen) atoms. The van der Waals surface area contributed by atoms with Crippen LogP contribution >= 0.6 is 0 Å². The average molecular weight is 374 g/mol. The van der Waals surface area contributed by atoms with Crippen LogP contribution in [0.1, 0.15) is 0 Å². The second-order valence-corrected chi connectivity index (χ2v) is 5.92. The van der Waals surface area contributed by atoms with Crippen LogP contribution in [-0.2, 0) is 14.2 Å². The highest BCUT2D eigenvalue weighted by Crippen LogP contribution is 2.36. The molecule has 0 aromatic carbocycles. The van der Waals surface area contributed by atoms with Gasteiger partial charge in [-0.3, -0.25) is 0 Å². The topological polar surface area (TPSA) is 230 Å². The molecule has 0 radical (unpaired) electrons. The zero-order chi connectivity index (χ0) is 19.2. The summed E-state index contributed by atoms with van der Waals surface area (Å²) in [5.41, 5.74) is 0. The Balaban J connectivity index is 2.21. The largest absolute Gasteiger partial charge is 0.394 e. The highest BCUT2D eigenvalue weighted by molar-refractivity contribution is 4.98. The van der Waals surface area contributed by atoms with Crippen molar-refractivity contribution in [2.45, 2.75) is 60.8 Å². The molecule has 0 aliphatic carbocycles. The van der Waals surface area contributed by atoms with Crippen LogP contribution < -0.4 is 0 Å². The van der Waals surface area contributed by atoms with Crippen molar-refractivity contribution in [3.05, 3.63) is 0 Å². The maximum absolute atomic E-state index is 9.96. The summed E-state index contributed by atoms with van der Waals surface area (Å²) < 4.78 is 14.6. The lowest BCUT2D eigenvalue weighted by molar-refractivity contribution is -0.521. The molecule has 13 nitrogen and oxygen atoms in total. The van der Waals surface area contributed by atoms with Crippen LogP contribution in [0.5, 0.6) is 0 Å². The van der Waals surface area contributed by atoms with Gasteiger partial charge in [-0.25, -0.2) is 0 Å². The van der Waals surface area contributed by atoms with Crippen LogP contribution in [0.15, 0.2) is 0 Å². The van der Waals surface area contributed by atoms with Crippen molar-refractivity contribution < 1.29 is 65.3 Å². The Kier molecular flexibility index (Phi) is 6.02. The fraction of sp³-hybridized carbons (Fsp3) is 1.00.